The maximum atomic E-state index is 12.9. The van der Waals surface area contributed by atoms with Gasteiger partial charge in [0.2, 0.25) is 0 Å². The Labute approximate surface area is 189 Å². The van der Waals surface area contributed by atoms with Gasteiger partial charge in [0, 0.05) is 24.0 Å². The zero-order chi connectivity index (χ0) is 21.1. The zero-order valence-electron chi connectivity index (χ0n) is 17.6. The van der Waals surface area contributed by atoms with Gasteiger partial charge in [0.25, 0.3) is 5.91 Å². The lowest BCUT2D eigenvalue weighted by Crippen LogP contribution is -2.33. The molecule has 1 aliphatic rings. The lowest BCUT2D eigenvalue weighted by Gasteiger charge is -2.18. The summed E-state index contributed by atoms with van der Waals surface area (Å²) in [7, 11) is 1.61. The van der Waals surface area contributed by atoms with Crippen LogP contribution in [0.25, 0.3) is 11.1 Å². The van der Waals surface area contributed by atoms with Gasteiger partial charge < -0.3 is 15.8 Å². The van der Waals surface area contributed by atoms with Gasteiger partial charge in [0.1, 0.15) is 11.4 Å². The average molecular weight is 435 g/mol. The zero-order valence-corrected chi connectivity index (χ0v) is 18.6. The number of benzene rings is 2. The van der Waals surface area contributed by atoms with Gasteiger partial charge in [-0.25, -0.2) is 0 Å². The van der Waals surface area contributed by atoms with E-state index in [1.165, 1.54) is 5.56 Å². The highest BCUT2D eigenvalue weighted by atomic mass is 32.1. The second-order valence-electron chi connectivity index (χ2n) is 7.24. The van der Waals surface area contributed by atoms with Crippen LogP contribution in [-0.4, -0.2) is 30.3 Å². The largest absolute Gasteiger partial charge is 0.497 e. The molecule has 0 spiro atoms. The van der Waals surface area contributed by atoms with Crippen molar-refractivity contribution in [3.05, 3.63) is 83.2 Å². The number of nitrogens with one attached hydrogen (secondary N) is 1. The highest BCUT2D eigenvalue weighted by molar-refractivity contribution is 7.59. The molecule has 160 valence electrons. The molecular weight excluding hydrogens is 408 g/mol. The third kappa shape index (κ3) is 4.78. The van der Waals surface area contributed by atoms with Gasteiger partial charge >= 0.3 is 0 Å². The van der Waals surface area contributed by atoms with Crippen molar-refractivity contribution in [2.45, 2.75) is 19.5 Å². The average Bonchev–Trinajstić information content (AvgIpc) is 3.17. The maximum absolute atomic E-state index is 12.9. The molecule has 31 heavy (non-hydrogen) atoms. The fourth-order valence-corrected chi connectivity index (χ4v) is 3.62. The Morgan fingerprint density at radius 2 is 1.97 bits per heavy atom. The van der Waals surface area contributed by atoms with Crippen molar-refractivity contribution in [2.75, 3.05) is 13.7 Å². The van der Waals surface area contributed by atoms with Crippen LogP contribution in [0.5, 0.6) is 5.75 Å². The van der Waals surface area contributed by atoms with E-state index in [9.17, 15) is 4.79 Å². The molecule has 2 aromatic carbocycles. The summed E-state index contributed by atoms with van der Waals surface area (Å²) in [5, 5.41) is 2.98. The van der Waals surface area contributed by atoms with E-state index in [2.05, 4.69) is 33.5 Å². The molecular formula is C24H26N4O2S. The maximum Gasteiger partial charge on any atom is 0.270 e. The molecule has 1 amide bonds. The van der Waals surface area contributed by atoms with Gasteiger partial charge in [-0.15, -0.1) is 0 Å². The first-order chi connectivity index (χ1) is 14.6. The molecule has 3 aromatic rings. The molecule has 2 heterocycles. The molecule has 0 saturated heterocycles. The number of hydrogen-bond donors (Lipinski definition) is 2. The van der Waals surface area contributed by atoms with Crippen LogP contribution < -0.4 is 15.8 Å². The number of nitrogens with two attached hydrogens (primary N) is 1. The normalized spacial score (nSPS) is 12.9. The van der Waals surface area contributed by atoms with E-state index in [1.54, 1.807) is 19.4 Å². The second kappa shape index (κ2) is 9.76. The van der Waals surface area contributed by atoms with Gasteiger partial charge in [-0.05, 0) is 59.5 Å². The lowest BCUT2D eigenvalue weighted by atomic mass is 9.98. The molecule has 0 unspecified atom stereocenters. The first-order valence-corrected chi connectivity index (χ1v) is 9.84. The summed E-state index contributed by atoms with van der Waals surface area (Å²) in [4.78, 5) is 21.6. The number of aromatic nitrogens is 1. The summed E-state index contributed by atoms with van der Waals surface area (Å²) in [6.07, 6.45) is 1.65. The Morgan fingerprint density at radius 3 is 2.74 bits per heavy atom. The molecule has 6 nitrogen and oxygen atoms in total. The Balaban J connectivity index is 0.00000272. The first-order valence-electron chi connectivity index (χ1n) is 9.84. The number of ether oxygens (including phenoxy) is 1. The predicted molar refractivity (Wildman–Crippen MR) is 128 cm³/mol. The smallest absolute Gasteiger partial charge is 0.270 e. The molecule has 1 aromatic heterocycles. The van der Waals surface area contributed by atoms with E-state index in [0.29, 0.717) is 5.69 Å². The van der Waals surface area contributed by atoms with Crippen LogP contribution in [0.15, 0.2) is 65.8 Å². The van der Waals surface area contributed by atoms with Gasteiger partial charge in [0.15, 0.2) is 0 Å². The number of pyridine rings is 1. The minimum Gasteiger partial charge on any atom is -0.497 e. The minimum atomic E-state index is -0.336. The number of carbonyl (C=O) groups is 1. The van der Waals surface area contributed by atoms with Gasteiger partial charge in [-0.1, -0.05) is 24.3 Å². The SMILES string of the molecule is COc1cccc([C@@H](CN)NC(=O)c2cc(-c3ccc4c(c3)C(C)=NC4)ccn2)c1.S. The number of fused-ring (bicyclic) bond motifs is 1. The van der Waals surface area contributed by atoms with Crippen molar-refractivity contribution >= 4 is 25.1 Å². The summed E-state index contributed by atoms with van der Waals surface area (Å²) in [5.41, 5.74) is 12.6. The molecule has 0 saturated carbocycles. The third-order valence-corrected chi connectivity index (χ3v) is 5.35. The van der Waals surface area contributed by atoms with E-state index in [-0.39, 0.29) is 32.0 Å². The fraction of sp³-hybridized carbons (Fsp3) is 0.208. The van der Waals surface area contributed by atoms with E-state index in [4.69, 9.17) is 10.5 Å². The van der Waals surface area contributed by atoms with Crippen molar-refractivity contribution in [3.8, 4) is 16.9 Å². The molecule has 0 fully saturated rings. The summed E-state index contributed by atoms with van der Waals surface area (Å²) in [6, 6.07) is 17.2. The number of rotatable bonds is 6. The number of aliphatic imine (C=N–C) groups is 1. The Bertz CT molecular complexity index is 1130. The molecule has 0 bridgehead atoms. The molecule has 0 aliphatic carbocycles. The first kappa shape index (κ1) is 22.5. The minimum absolute atomic E-state index is 0. The quantitative estimate of drug-likeness (QED) is 0.620. The predicted octanol–water partition coefficient (Wildman–Crippen LogP) is 3.62. The van der Waals surface area contributed by atoms with Crippen LogP contribution in [0.3, 0.4) is 0 Å². The highest BCUT2D eigenvalue weighted by Gasteiger charge is 2.17. The van der Waals surface area contributed by atoms with E-state index in [1.807, 2.05) is 37.3 Å². The van der Waals surface area contributed by atoms with Gasteiger partial charge in [0.05, 0.1) is 19.7 Å². The number of methoxy groups -OCH3 is 1. The van der Waals surface area contributed by atoms with Crippen molar-refractivity contribution in [1.29, 1.82) is 0 Å². The molecule has 1 atom stereocenters. The molecule has 1 aliphatic heterocycles. The van der Waals surface area contributed by atoms with E-state index in [0.717, 1.165) is 40.3 Å². The standard InChI is InChI=1S/C24H24N4O2.H2S/c1-15-21-11-16(6-7-19(21)14-27-15)17-8-9-26-22(12-17)24(29)28-23(13-25)18-4-3-5-20(10-18)30-2;/h3-12,23H,13-14,25H2,1-2H3,(H,28,29);1H2/t23-;/m1./s1. The van der Waals surface area contributed by atoms with Crippen molar-refractivity contribution < 1.29 is 9.53 Å². The monoisotopic (exact) mass is 434 g/mol. The highest BCUT2D eigenvalue weighted by Crippen LogP contribution is 2.27. The van der Waals surface area contributed by atoms with Crippen LogP contribution in [0.2, 0.25) is 0 Å². The number of amides is 1. The molecule has 0 radical (unpaired) electrons. The summed E-state index contributed by atoms with van der Waals surface area (Å²) >= 11 is 0. The summed E-state index contributed by atoms with van der Waals surface area (Å²) in [5.74, 6) is 0.449. The number of hydrogen-bond acceptors (Lipinski definition) is 5. The summed E-state index contributed by atoms with van der Waals surface area (Å²) in [6.45, 7) is 3.02. The van der Waals surface area contributed by atoms with Crippen molar-refractivity contribution in [2.24, 2.45) is 10.7 Å². The van der Waals surface area contributed by atoms with Crippen LogP contribution in [0.1, 0.15) is 40.1 Å². The fourth-order valence-electron chi connectivity index (χ4n) is 3.62. The number of carbonyl (C=O) groups excluding carboxylic acids is 1. The Morgan fingerprint density at radius 1 is 1.16 bits per heavy atom. The van der Waals surface area contributed by atoms with E-state index < -0.39 is 0 Å². The van der Waals surface area contributed by atoms with Crippen molar-refractivity contribution in [1.82, 2.24) is 10.3 Å². The van der Waals surface area contributed by atoms with Gasteiger partial charge in [-0.3, -0.25) is 14.8 Å². The van der Waals surface area contributed by atoms with Crippen LogP contribution >= 0.6 is 13.5 Å². The topological polar surface area (TPSA) is 89.6 Å². The Hall–Kier alpha value is -3.16. The number of nitrogens with zero attached hydrogens (tertiary/aromatic N) is 2. The third-order valence-electron chi connectivity index (χ3n) is 5.35. The molecule has 3 N–H and O–H groups in total. The van der Waals surface area contributed by atoms with Crippen LogP contribution in [-0.2, 0) is 6.54 Å². The van der Waals surface area contributed by atoms with E-state index >= 15 is 0 Å². The van der Waals surface area contributed by atoms with Crippen LogP contribution in [0, 0.1) is 0 Å². The Kier molecular flexibility index (Phi) is 7.09. The molecule has 4 rings (SSSR count). The summed E-state index contributed by atoms with van der Waals surface area (Å²) < 4.78 is 5.27. The van der Waals surface area contributed by atoms with Gasteiger partial charge in [-0.2, -0.15) is 13.5 Å². The second-order valence-corrected chi connectivity index (χ2v) is 7.24. The van der Waals surface area contributed by atoms with Crippen LogP contribution in [0.4, 0.5) is 0 Å². The molecule has 7 heteroatoms. The van der Waals surface area contributed by atoms with Crippen molar-refractivity contribution in [3.63, 3.8) is 0 Å². The lowest BCUT2D eigenvalue weighted by molar-refractivity contribution is 0.0932.